The molecule has 0 aliphatic heterocycles. The van der Waals surface area contributed by atoms with Crippen LogP contribution in [0.25, 0.3) is 10.6 Å². The number of nitrogens with zero attached hydrogens (tertiary/aromatic N) is 2. The van der Waals surface area contributed by atoms with Gasteiger partial charge in [-0.2, -0.15) is 0 Å². The van der Waals surface area contributed by atoms with Crippen LogP contribution in [0.1, 0.15) is 12.6 Å². The molecule has 0 spiro atoms. The number of anilines is 1. The Balaban J connectivity index is 1.74. The Morgan fingerprint density at radius 3 is 2.24 bits per heavy atom. The number of likely N-dealkylation sites (N-methyl/N-ethyl adjacent to an activating group) is 1. The van der Waals surface area contributed by atoms with Gasteiger partial charge < -0.3 is 4.90 Å². The van der Waals surface area contributed by atoms with E-state index in [0.717, 1.165) is 10.6 Å². The van der Waals surface area contributed by atoms with E-state index in [0.29, 0.717) is 17.9 Å². The molecule has 128 valence electrons. The molecule has 3 rings (SSSR count). The summed E-state index contributed by atoms with van der Waals surface area (Å²) in [5.41, 5.74) is 2.13. The Hall–Kier alpha value is -2.60. The van der Waals surface area contributed by atoms with Crippen molar-refractivity contribution in [1.29, 1.82) is 0 Å². The van der Waals surface area contributed by atoms with Crippen LogP contribution in [0, 0.1) is 11.6 Å². The third-order valence-corrected chi connectivity index (χ3v) is 4.67. The Morgan fingerprint density at radius 1 is 1.04 bits per heavy atom. The number of hydrogen-bond acceptors (Lipinski definition) is 3. The quantitative estimate of drug-likeness (QED) is 0.663. The van der Waals surface area contributed by atoms with Crippen molar-refractivity contribution < 1.29 is 13.6 Å². The summed E-state index contributed by atoms with van der Waals surface area (Å²) < 4.78 is 26.1. The highest BCUT2D eigenvalue weighted by Gasteiger charge is 2.16. The first kappa shape index (κ1) is 17.2. The van der Waals surface area contributed by atoms with E-state index in [1.165, 1.54) is 35.6 Å². The van der Waals surface area contributed by atoms with Crippen LogP contribution in [0.5, 0.6) is 0 Å². The van der Waals surface area contributed by atoms with Gasteiger partial charge in [0.25, 0.3) is 0 Å². The SMILES string of the molecule is CCN(C(=O)Cc1csc(-c2ccc(F)cc2)n1)c1ccc(F)cc1. The van der Waals surface area contributed by atoms with Crippen molar-refractivity contribution in [2.24, 2.45) is 0 Å². The summed E-state index contributed by atoms with van der Waals surface area (Å²) in [6, 6.07) is 11.9. The number of rotatable bonds is 5. The second kappa shape index (κ2) is 7.53. The second-order valence-electron chi connectivity index (χ2n) is 5.44. The minimum atomic E-state index is -0.337. The summed E-state index contributed by atoms with van der Waals surface area (Å²) in [5.74, 6) is -0.741. The van der Waals surface area contributed by atoms with Crippen molar-refractivity contribution in [2.45, 2.75) is 13.3 Å². The van der Waals surface area contributed by atoms with E-state index in [9.17, 15) is 13.6 Å². The number of carbonyl (C=O) groups excluding carboxylic acids is 1. The smallest absolute Gasteiger partial charge is 0.233 e. The summed E-state index contributed by atoms with van der Waals surface area (Å²) in [7, 11) is 0. The zero-order chi connectivity index (χ0) is 17.8. The summed E-state index contributed by atoms with van der Waals surface area (Å²) in [5, 5.41) is 2.57. The molecule has 0 unspecified atom stereocenters. The highest BCUT2D eigenvalue weighted by atomic mass is 32.1. The molecule has 1 aromatic heterocycles. The Bertz CT molecular complexity index is 860. The van der Waals surface area contributed by atoms with Crippen molar-refractivity contribution in [3.05, 3.63) is 71.2 Å². The van der Waals surface area contributed by atoms with Gasteiger partial charge in [-0.05, 0) is 55.5 Å². The average molecular weight is 358 g/mol. The number of benzene rings is 2. The summed E-state index contributed by atoms with van der Waals surface area (Å²) in [6.07, 6.45) is 0.156. The average Bonchev–Trinajstić information content (AvgIpc) is 3.06. The zero-order valence-electron chi connectivity index (χ0n) is 13.6. The van der Waals surface area contributed by atoms with Crippen molar-refractivity contribution in [2.75, 3.05) is 11.4 Å². The lowest BCUT2D eigenvalue weighted by Crippen LogP contribution is -2.32. The Kier molecular flexibility index (Phi) is 5.19. The fraction of sp³-hybridized carbons (Fsp3) is 0.158. The molecule has 0 aliphatic rings. The van der Waals surface area contributed by atoms with E-state index in [-0.39, 0.29) is 24.0 Å². The standard InChI is InChI=1S/C19H16F2N2OS/c1-2-23(17-9-7-15(21)8-10-17)18(24)11-16-12-25-19(22-16)13-3-5-14(20)6-4-13/h3-10,12H,2,11H2,1H3. The second-order valence-corrected chi connectivity index (χ2v) is 6.30. The molecule has 0 fully saturated rings. The van der Waals surface area contributed by atoms with E-state index in [1.54, 1.807) is 29.2 Å². The van der Waals surface area contributed by atoms with Gasteiger partial charge in [-0.3, -0.25) is 4.79 Å². The normalized spacial score (nSPS) is 10.7. The minimum absolute atomic E-state index is 0.106. The first-order valence-electron chi connectivity index (χ1n) is 7.83. The van der Waals surface area contributed by atoms with Crippen LogP contribution in [-0.2, 0) is 11.2 Å². The third kappa shape index (κ3) is 4.09. The Morgan fingerprint density at radius 2 is 1.64 bits per heavy atom. The third-order valence-electron chi connectivity index (χ3n) is 3.73. The maximum atomic E-state index is 13.1. The predicted molar refractivity (Wildman–Crippen MR) is 95.6 cm³/mol. The molecule has 6 heteroatoms. The van der Waals surface area contributed by atoms with E-state index >= 15 is 0 Å². The van der Waals surface area contributed by atoms with Crippen LogP contribution in [0.15, 0.2) is 53.9 Å². The first-order chi connectivity index (χ1) is 12.1. The Labute approximate surface area is 148 Å². The van der Waals surface area contributed by atoms with Gasteiger partial charge in [0, 0.05) is 23.2 Å². The van der Waals surface area contributed by atoms with E-state index in [1.807, 2.05) is 12.3 Å². The van der Waals surface area contributed by atoms with Gasteiger partial charge in [-0.15, -0.1) is 11.3 Å². The van der Waals surface area contributed by atoms with Crippen LogP contribution in [0.3, 0.4) is 0 Å². The van der Waals surface area contributed by atoms with Crippen LogP contribution in [0.2, 0.25) is 0 Å². The van der Waals surface area contributed by atoms with Crippen molar-refractivity contribution in [3.8, 4) is 10.6 Å². The summed E-state index contributed by atoms with van der Waals surface area (Å²) in [4.78, 5) is 18.6. The molecular formula is C19H16F2N2OS. The number of halogens is 2. The minimum Gasteiger partial charge on any atom is -0.312 e. The molecule has 0 aliphatic carbocycles. The molecule has 3 nitrogen and oxygen atoms in total. The van der Waals surface area contributed by atoms with E-state index in [4.69, 9.17) is 0 Å². The molecular weight excluding hydrogens is 342 g/mol. The lowest BCUT2D eigenvalue weighted by Gasteiger charge is -2.20. The molecule has 0 bridgehead atoms. The highest BCUT2D eigenvalue weighted by molar-refractivity contribution is 7.13. The van der Waals surface area contributed by atoms with Gasteiger partial charge in [0.2, 0.25) is 5.91 Å². The first-order valence-corrected chi connectivity index (χ1v) is 8.71. The molecule has 0 N–H and O–H groups in total. The molecule has 25 heavy (non-hydrogen) atoms. The zero-order valence-corrected chi connectivity index (χ0v) is 14.4. The van der Waals surface area contributed by atoms with Gasteiger partial charge in [-0.1, -0.05) is 0 Å². The van der Waals surface area contributed by atoms with Gasteiger partial charge in [0.05, 0.1) is 12.1 Å². The topological polar surface area (TPSA) is 33.2 Å². The van der Waals surface area contributed by atoms with Gasteiger partial charge in [0.1, 0.15) is 16.6 Å². The van der Waals surface area contributed by atoms with Crippen molar-refractivity contribution in [1.82, 2.24) is 4.98 Å². The summed E-state index contributed by atoms with van der Waals surface area (Å²) >= 11 is 1.41. The number of amides is 1. The largest absolute Gasteiger partial charge is 0.312 e. The number of hydrogen-bond donors (Lipinski definition) is 0. The van der Waals surface area contributed by atoms with Crippen molar-refractivity contribution in [3.63, 3.8) is 0 Å². The maximum absolute atomic E-state index is 13.1. The van der Waals surface area contributed by atoms with Gasteiger partial charge in [-0.25, -0.2) is 13.8 Å². The lowest BCUT2D eigenvalue weighted by atomic mass is 10.2. The predicted octanol–water partition coefficient (Wildman–Crippen LogP) is 4.68. The molecule has 3 aromatic rings. The van der Waals surface area contributed by atoms with Crippen LogP contribution >= 0.6 is 11.3 Å². The highest BCUT2D eigenvalue weighted by Crippen LogP contribution is 2.25. The number of thiazole rings is 1. The fourth-order valence-corrected chi connectivity index (χ4v) is 3.31. The number of aromatic nitrogens is 1. The summed E-state index contributed by atoms with van der Waals surface area (Å²) in [6.45, 7) is 2.35. The molecule has 2 aromatic carbocycles. The van der Waals surface area contributed by atoms with E-state index < -0.39 is 0 Å². The molecule has 0 saturated carbocycles. The number of carbonyl (C=O) groups is 1. The van der Waals surface area contributed by atoms with E-state index in [2.05, 4.69) is 4.98 Å². The van der Waals surface area contributed by atoms with Crippen LogP contribution < -0.4 is 4.90 Å². The molecule has 0 atom stereocenters. The van der Waals surface area contributed by atoms with Crippen LogP contribution in [-0.4, -0.2) is 17.4 Å². The van der Waals surface area contributed by atoms with Gasteiger partial charge in [0.15, 0.2) is 0 Å². The molecule has 0 saturated heterocycles. The molecule has 1 heterocycles. The maximum Gasteiger partial charge on any atom is 0.233 e. The molecule has 1 amide bonds. The monoisotopic (exact) mass is 358 g/mol. The molecule has 0 radical (unpaired) electrons. The fourth-order valence-electron chi connectivity index (χ4n) is 2.49. The van der Waals surface area contributed by atoms with Gasteiger partial charge >= 0.3 is 0 Å². The lowest BCUT2D eigenvalue weighted by molar-refractivity contribution is -0.118. The van der Waals surface area contributed by atoms with Crippen LogP contribution in [0.4, 0.5) is 14.5 Å². The van der Waals surface area contributed by atoms with Crippen molar-refractivity contribution >= 4 is 22.9 Å².